The Labute approximate surface area is 138 Å². The Kier molecular flexibility index (Phi) is 5.89. The molecular weight excluding hydrogens is 328 g/mol. The van der Waals surface area contributed by atoms with Gasteiger partial charge < -0.3 is 14.8 Å². The smallest absolute Gasteiger partial charge is 0.163 e. The molecule has 0 aromatic heterocycles. The van der Waals surface area contributed by atoms with Gasteiger partial charge in [0, 0.05) is 23.2 Å². The van der Waals surface area contributed by atoms with Crippen molar-refractivity contribution in [2.45, 2.75) is 13.2 Å². The average molecular weight is 344 g/mol. The summed E-state index contributed by atoms with van der Waals surface area (Å²) in [6.45, 7) is 0.816. The van der Waals surface area contributed by atoms with E-state index in [0.29, 0.717) is 33.7 Å². The van der Waals surface area contributed by atoms with Gasteiger partial charge in [-0.3, -0.25) is 0 Å². The maximum Gasteiger partial charge on any atom is 0.163 e. The summed E-state index contributed by atoms with van der Waals surface area (Å²) in [5.41, 5.74) is 1.59. The van der Waals surface area contributed by atoms with Crippen LogP contribution in [0, 0.1) is 5.82 Å². The van der Waals surface area contributed by atoms with Crippen LogP contribution in [0.5, 0.6) is 11.5 Å². The van der Waals surface area contributed by atoms with Crippen LogP contribution in [-0.2, 0) is 13.2 Å². The van der Waals surface area contributed by atoms with Crippen LogP contribution in [0.25, 0.3) is 0 Å². The molecule has 0 bridgehead atoms. The SMILES string of the molecule is CNCc1cc(OC)c(OCc2ccc(F)cc2Cl)cc1Cl. The van der Waals surface area contributed by atoms with Gasteiger partial charge in [-0.1, -0.05) is 29.3 Å². The second-order valence-electron chi connectivity index (χ2n) is 4.65. The topological polar surface area (TPSA) is 30.5 Å². The summed E-state index contributed by atoms with van der Waals surface area (Å²) in [4.78, 5) is 0. The number of hydrogen-bond acceptors (Lipinski definition) is 3. The molecule has 0 aliphatic carbocycles. The van der Waals surface area contributed by atoms with Crippen LogP contribution >= 0.6 is 23.2 Å². The molecular formula is C16H16Cl2FNO2. The molecule has 1 N–H and O–H groups in total. The Hall–Kier alpha value is -1.49. The zero-order valence-electron chi connectivity index (χ0n) is 12.3. The van der Waals surface area contributed by atoms with Crippen LogP contribution in [0.4, 0.5) is 4.39 Å². The first-order valence-electron chi connectivity index (χ1n) is 6.63. The van der Waals surface area contributed by atoms with Gasteiger partial charge in [-0.15, -0.1) is 0 Å². The molecule has 2 aromatic carbocycles. The molecule has 0 atom stereocenters. The highest BCUT2D eigenvalue weighted by Crippen LogP contribution is 2.34. The Morgan fingerprint density at radius 3 is 2.41 bits per heavy atom. The van der Waals surface area contributed by atoms with Gasteiger partial charge in [0.25, 0.3) is 0 Å². The van der Waals surface area contributed by atoms with E-state index in [4.69, 9.17) is 32.7 Å². The molecule has 118 valence electrons. The summed E-state index contributed by atoms with van der Waals surface area (Å²) >= 11 is 12.2. The molecule has 22 heavy (non-hydrogen) atoms. The summed E-state index contributed by atoms with van der Waals surface area (Å²) in [5, 5.41) is 3.93. The van der Waals surface area contributed by atoms with Crippen molar-refractivity contribution >= 4 is 23.2 Å². The van der Waals surface area contributed by atoms with Crippen LogP contribution < -0.4 is 14.8 Å². The van der Waals surface area contributed by atoms with E-state index in [1.165, 1.54) is 12.1 Å². The molecule has 0 fully saturated rings. The lowest BCUT2D eigenvalue weighted by Crippen LogP contribution is -2.06. The minimum absolute atomic E-state index is 0.192. The highest BCUT2D eigenvalue weighted by molar-refractivity contribution is 6.31. The number of nitrogens with one attached hydrogen (secondary N) is 1. The van der Waals surface area contributed by atoms with E-state index in [-0.39, 0.29) is 12.4 Å². The lowest BCUT2D eigenvalue weighted by Gasteiger charge is -2.14. The number of rotatable bonds is 6. The van der Waals surface area contributed by atoms with Crippen LogP contribution in [0.1, 0.15) is 11.1 Å². The van der Waals surface area contributed by atoms with Crippen molar-refractivity contribution in [3.63, 3.8) is 0 Å². The highest BCUT2D eigenvalue weighted by Gasteiger charge is 2.11. The van der Waals surface area contributed by atoms with E-state index in [1.54, 1.807) is 19.2 Å². The summed E-state index contributed by atoms with van der Waals surface area (Å²) < 4.78 is 24.1. The fourth-order valence-corrected chi connectivity index (χ4v) is 2.41. The molecule has 2 rings (SSSR count). The van der Waals surface area contributed by atoms with Gasteiger partial charge in [0.05, 0.1) is 12.1 Å². The molecule has 6 heteroatoms. The highest BCUT2D eigenvalue weighted by atomic mass is 35.5. The predicted molar refractivity (Wildman–Crippen MR) is 86.5 cm³/mol. The normalized spacial score (nSPS) is 10.6. The van der Waals surface area contributed by atoms with Crippen molar-refractivity contribution in [1.29, 1.82) is 0 Å². The van der Waals surface area contributed by atoms with Gasteiger partial charge in [-0.25, -0.2) is 4.39 Å². The predicted octanol–water partition coefficient (Wildman–Crippen LogP) is 4.44. The van der Waals surface area contributed by atoms with E-state index in [0.717, 1.165) is 5.56 Å². The van der Waals surface area contributed by atoms with Gasteiger partial charge in [0.15, 0.2) is 11.5 Å². The van der Waals surface area contributed by atoms with Gasteiger partial charge in [0.2, 0.25) is 0 Å². The number of methoxy groups -OCH3 is 1. The summed E-state index contributed by atoms with van der Waals surface area (Å²) in [6.07, 6.45) is 0. The number of benzene rings is 2. The fourth-order valence-electron chi connectivity index (χ4n) is 1.97. The molecule has 0 unspecified atom stereocenters. The average Bonchev–Trinajstić information content (AvgIpc) is 2.49. The first kappa shape index (κ1) is 16.9. The molecule has 0 heterocycles. The van der Waals surface area contributed by atoms with Gasteiger partial charge in [-0.05, 0) is 30.8 Å². The Bertz CT molecular complexity index is 665. The van der Waals surface area contributed by atoms with E-state index < -0.39 is 0 Å². The quantitative estimate of drug-likeness (QED) is 0.840. The van der Waals surface area contributed by atoms with Crippen molar-refractivity contribution in [1.82, 2.24) is 5.32 Å². The minimum atomic E-state index is -0.384. The maximum atomic E-state index is 13.0. The lowest BCUT2D eigenvalue weighted by atomic mass is 10.2. The fraction of sp³-hybridized carbons (Fsp3) is 0.250. The van der Waals surface area contributed by atoms with Crippen LogP contribution in [-0.4, -0.2) is 14.2 Å². The molecule has 0 amide bonds. The van der Waals surface area contributed by atoms with Crippen LogP contribution in [0.15, 0.2) is 30.3 Å². The van der Waals surface area contributed by atoms with Crippen LogP contribution in [0.2, 0.25) is 10.0 Å². The molecule has 0 aliphatic rings. The van der Waals surface area contributed by atoms with Crippen molar-refractivity contribution in [2.75, 3.05) is 14.2 Å². The third-order valence-corrected chi connectivity index (χ3v) is 3.80. The first-order valence-corrected chi connectivity index (χ1v) is 7.38. The largest absolute Gasteiger partial charge is 0.493 e. The van der Waals surface area contributed by atoms with Crippen molar-refractivity contribution in [3.05, 3.63) is 57.3 Å². The Morgan fingerprint density at radius 2 is 1.77 bits per heavy atom. The Balaban J connectivity index is 2.20. The molecule has 2 aromatic rings. The summed E-state index contributed by atoms with van der Waals surface area (Å²) in [6, 6.07) is 7.69. The molecule has 0 radical (unpaired) electrons. The maximum absolute atomic E-state index is 13.0. The van der Waals surface area contributed by atoms with Crippen molar-refractivity contribution in [3.8, 4) is 11.5 Å². The van der Waals surface area contributed by atoms with Crippen molar-refractivity contribution < 1.29 is 13.9 Å². The molecule has 0 spiro atoms. The molecule has 3 nitrogen and oxygen atoms in total. The molecule has 0 saturated carbocycles. The number of halogens is 3. The number of ether oxygens (including phenoxy) is 2. The van der Waals surface area contributed by atoms with E-state index in [2.05, 4.69) is 5.32 Å². The summed E-state index contributed by atoms with van der Waals surface area (Å²) in [7, 11) is 3.40. The number of hydrogen-bond donors (Lipinski definition) is 1. The minimum Gasteiger partial charge on any atom is -0.493 e. The van der Waals surface area contributed by atoms with E-state index in [1.807, 2.05) is 13.1 Å². The van der Waals surface area contributed by atoms with E-state index in [9.17, 15) is 4.39 Å². The van der Waals surface area contributed by atoms with Crippen molar-refractivity contribution in [2.24, 2.45) is 0 Å². The van der Waals surface area contributed by atoms with Crippen LogP contribution in [0.3, 0.4) is 0 Å². The standard InChI is InChI=1S/C16H16Cl2FNO2/c1-20-8-11-5-15(21-2)16(7-14(11)18)22-9-10-3-4-12(19)6-13(10)17/h3-7,20H,8-9H2,1-2H3. The van der Waals surface area contributed by atoms with Gasteiger partial charge >= 0.3 is 0 Å². The summed E-state index contributed by atoms with van der Waals surface area (Å²) in [5.74, 6) is 0.700. The Morgan fingerprint density at radius 1 is 1.05 bits per heavy atom. The van der Waals surface area contributed by atoms with Gasteiger partial charge in [-0.2, -0.15) is 0 Å². The zero-order valence-corrected chi connectivity index (χ0v) is 13.8. The third kappa shape index (κ3) is 4.03. The monoisotopic (exact) mass is 343 g/mol. The van der Waals surface area contributed by atoms with Gasteiger partial charge in [0.1, 0.15) is 12.4 Å². The first-order chi connectivity index (χ1) is 10.5. The molecule has 0 aliphatic heterocycles. The third-order valence-electron chi connectivity index (χ3n) is 3.10. The second-order valence-corrected chi connectivity index (χ2v) is 5.46. The molecule has 0 saturated heterocycles. The lowest BCUT2D eigenvalue weighted by molar-refractivity contribution is 0.284. The zero-order chi connectivity index (χ0) is 16.1. The second kappa shape index (κ2) is 7.68. The van der Waals surface area contributed by atoms with E-state index >= 15 is 0 Å².